The molecule has 0 radical (unpaired) electrons. The van der Waals surface area contributed by atoms with Gasteiger partial charge < -0.3 is 5.11 Å². The van der Waals surface area contributed by atoms with Gasteiger partial charge in [0.15, 0.2) is 0 Å². The minimum Gasteiger partial charge on any atom is -0.508 e. The highest BCUT2D eigenvalue weighted by Crippen LogP contribution is 2.27. The first-order valence-corrected chi connectivity index (χ1v) is 6.79. The molecular weight excluding hydrogens is 263 g/mol. The molecule has 0 saturated carbocycles. The lowest BCUT2D eigenvalue weighted by atomic mass is 9.99. The van der Waals surface area contributed by atoms with Crippen molar-refractivity contribution in [2.75, 3.05) is 0 Å². The molecule has 0 aliphatic rings. The zero-order valence-corrected chi connectivity index (χ0v) is 11.7. The average molecular weight is 278 g/mol. The van der Waals surface area contributed by atoms with Crippen molar-refractivity contribution in [1.29, 1.82) is 0 Å². The molecule has 0 aliphatic heterocycles. The van der Waals surface area contributed by atoms with E-state index in [0.29, 0.717) is 5.56 Å². The van der Waals surface area contributed by atoms with Gasteiger partial charge >= 0.3 is 0 Å². The molecule has 104 valence electrons. The zero-order chi connectivity index (χ0) is 14.8. The molecule has 0 aromatic heterocycles. The Bertz CT molecular complexity index is 759. The van der Waals surface area contributed by atoms with Crippen molar-refractivity contribution in [2.24, 2.45) is 0 Å². The predicted molar refractivity (Wildman–Crippen MR) is 83.7 cm³/mol. The maximum Gasteiger partial charge on any atom is 0.131 e. The molecule has 2 heteroatoms. The van der Waals surface area contributed by atoms with E-state index in [1.807, 2.05) is 49.4 Å². The molecule has 3 aromatic rings. The van der Waals surface area contributed by atoms with Gasteiger partial charge in [0.2, 0.25) is 0 Å². The summed E-state index contributed by atoms with van der Waals surface area (Å²) in [5.41, 5.74) is 4.43. The van der Waals surface area contributed by atoms with Crippen molar-refractivity contribution in [3.05, 3.63) is 78.1 Å². The van der Waals surface area contributed by atoms with Crippen molar-refractivity contribution in [1.82, 2.24) is 0 Å². The molecule has 0 atom stereocenters. The van der Waals surface area contributed by atoms with Gasteiger partial charge in [0.05, 0.1) is 0 Å². The number of rotatable bonds is 2. The molecule has 3 aromatic carbocycles. The Labute approximate surface area is 123 Å². The molecule has 0 aliphatic carbocycles. The van der Waals surface area contributed by atoms with E-state index in [-0.39, 0.29) is 11.6 Å². The molecule has 1 nitrogen and oxygen atoms in total. The highest BCUT2D eigenvalue weighted by atomic mass is 19.1. The Hall–Kier alpha value is -2.61. The first kappa shape index (κ1) is 13.4. The van der Waals surface area contributed by atoms with Crippen molar-refractivity contribution >= 4 is 0 Å². The Morgan fingerprint density at radius 3 is 1.81 bits per heavy atom. The van der Waals surface area contributed by atoms with Crippen LogP contribution in [-0.2, 0) is 0 Å². The van der Waals surface area contributed by atoms with Gasteiger partial charge in [-0.2, -0.15) is 0 Å². The Morgan fingerprint density at radius 2 is 1.24 bits per heavy atom. The molecule has 0 unspecified atom stereocenters. The van der Waals surface area contributed by atoms with Crippen LogP contribution in [0.5, 0.6) is 5.75 Å². The van der Waals surface area contributed by atoms with Gasteiger partial charge in [-0.15, -0.1) is 0 Å². The second kappa shape index (κ2) is 5.41. The number of phenolic OH excluding ortho intramolecular Hbond substituents is 1. The minimum atomic E-state index is -0.201. The maximum atomic E-state index is 14.0. The molecule has 0 bridgehead atoms. The first-order chi connectivity index (χ1) is 10.1. The highest BCUT2D eigenvalue weighted by Gasteiger charge is 2.05. The van der Waals surface area contributed by atoms with Gasteiger partial charge in [0.25, 0.3) is 0 Å². The lowest BCUT2D eigenvalue weighted by Crippen LogP contribution is -1.86. The fourth-order valence-corrected chi connectivity index (χ4v) is 2.35. The van der Waals surface area contributed by atoms with Crippen LogP contribution in [0.2, 0.25) is 0 Å². The van der Waals surface area contributed by atoms with Crippen LogP contribution in [0.3, 0.4) is 0 Å². The standard InChI is InChI=1S/C19H15FO/c1-13-2-11-18(19(20)12-13)16-5-3-14(4-6-16)15-7-9-17(21)10-8-15/h2-12,21H,1H3. The minimum absolute atomic E-state index is 0.201. The van der Waals surface area contributed by atoms with E-state index >= 15 is 0 Å². The van der Waals surface area contributed by atoms with Gasteiger partial charge in [-0.25, -0.2) is 4.39 Å². The first-order valence-electron chi connectivity index (χ1n) is 6.79. The summed E-state index contributed by atoms with van der Waals surface area (Å²) in [6, 6.07) is 20.0. The summed E-state index contributed by atoms with van der Waals surface area (Å²) in [6.07, 6.45) is 0. The summed E-state index contributed by atoms with van der Waals surface area (Å²) in [7, 11) is 0. The van der Waals surface area contributed by atoms with Crippen molar-refractivity contribution in [3.8, 4) is 28.0 Å². The van der Waals surface area contributed by atoms with E-state index in [1.54, 1.807) is 24.3 Å². The van der Waals surface area contributed by atoms with Crippen LogP contribution in [0.25, 0.3) is 22.3 Å². The van der Waals surface area contributed by atoms with E-state index in [1.165, 1.54) is 0 Å². The van der Waals surface area contributed by atoms with Gasteiger partial charge in [0, 0.05) is 5.56 Å². The van der Waals surface area contributed by atoms with Crippen molar-refractivity contribution in [3.63, 3.8) is 0 Å². The summed E-state index contributed by atoms with van der Waals surface area (Å²) in [4.78, 5) is 0. The Morgan fingerprint density at radius 1 is 0.714 bits per heavy atom. The van der Waals surface area contributed by atoms with Crippen molar-refractivity contribution in [2.45, 2.75) is 6.92 Å². The molecular formula is C19H15FO. The number of halogens is 1. The van der Waals surface area contributed by atoms with Crippen LogP contribution in [-0.4, -0.2) is 5.11 Å². The summed E-state index contributed by atoms with van der Waals surface area (Å²) < 4.78 is 14.0. The molecule has 0 heterocycles. The number of benzene rings is 3. The SMILES string of the molecule is Cc1ccc(-c2ccc(-c3ccc(O)cc3)cc2)c(F)c1. The number of aromatic hydroxyl groups is 1. The lowest BCUT2D eigenvalue weighted by molar-refractivity contribution is 0.475. The van der Waals surface area contributed by atoms with E-state index < -0.39 is 0 Å². The smallest absolute Gasteiger partial charge is 0.131 e. The zero-order valence-electron chi connectivity index (χ0n) is 11.7. The van der Waals surface area contributed by atoms with Crippen LogP contribution in [0.15, 0.2) is 66.7 Å². The third-order valence-electron chi connectivity index (χ3n) is 3.52. The fraction of sp³-hybridized carbons (Fsp3) is 0.0526. The van der Waals surface area contributed by atoms with E-state index in [9.17, 15) is 9.50 Å². The Kier molecular flexibility index (Phi) is 3.44. The van der Waals surface area contributed by atoms with Crippen LogP contribution in [0.4, 0.5) is 4.39 Å². The molecule has 21 heavy (non-hydrogen) atoms. The number of hydrogen-bond donors (Lipinski definition) is 1. The topological polar surface area (TPSA) is 20.2 Å². The predicted octanol–water partition coefficient (Wildman–Crippen LogP) is 5.17. The monoisotopic (exact) mass is 278 g/mol. The van der Waals surface area contributed by atoms with E-state index in [4.69, 9.17) is 0 Å². The lowest BCUT2D eigenvalue weighted by Gasteiger charge is -2.07. The molecule has 3 rings (SSSR count). The second-order valence-corrected chi connectivity index (χ2v) is 5.11. The third-order valence-corrected chi connectivity index (χ3v) is 3.52. The van der Waals surface area contributed by atoms with Gasteiger partial charge in [-0.3, -0.25) is 0 Å². The number of aryl methyl sites for hydroxylation is 1. The van der Waals surface area contributed by atoms with Crippen molar-refractivity contribution < 1.29 is 9.50 Å². The molecule has 0 amide bonds. The quantitative estimate of drug-likeness (QED) is 0.685. The fourth-order valence-electron chi connectivity index (χ4n) is 2.35. The normalized spacial score (nSPS) is 10.6. The van der Waals surface area contributed by atoms with Gasteiger partial charge in [0.1, 0.15) is 11.6 Å². The largest absolute Gasteiger partial charge is 0.508 e. The maximum absolute atomic E-state index is 14.0. The van der Waals surface area contributed by atoms with E-state index in [0.717, 1.165) is 22.3 Å². The molecule has 0 spiro atoms. The molecule has 0 fully saturated rings. The number of phenols is 1. The third kappa shape index (κ3) is 2.79. The Balaban J connectivity index is 1.95. The average Bonchev–Trinajstić information content (AvgIpc) is 2.48. The molecule has 0 saturated heterocycles. The summed E-state index contributed by atoms with van der Waals surface area (Å²) in [6.45, 7) is 1.88. The van der Waals surface area contributed by atoms with Gasteiger partial charge in [-0.05, 0) is 47.4 Å². The number of hydrogen-bond acceptors (Lipinski definition) is 1. The van der Waals surface area contributed by atoms with Gasteiger partial charge in [-0.1, -0.05) is 48.5 Å². The summed E-state index contributed by atoms with van der Waals surface area (Å²) >= 11 is 0. The van der Waals surface area contributed by atoms with Crippen LogP contribution in [0, 0.1) is 12.7 Å². The van der Waals surface area contributed by atoms with Crippen LogP contribution < -0.4 is 0 Å². The summed E-state index contributed by atoms with van der Waals surface area (Å²) in [5.74, 6) is 0.0458. The van der Waals surface area contributed by atoms with Crippen LogP contribution in [0.1, 0.15) is 5.56 Å². The van der Waals surface area contributed by atoms with E-state index in [2.05, 4.69) is 0 Å². The summed E-state index contributed by atoms with van der Waals surface area (Å²) in [5, 5.41) is 9.31. The highest BCUT2D eigenvalue weighted by molar-refractivity contribution is 5.71. The molecule has 1 N–H and O–H groups in total. The second-order valence-electron chi connectivity index (χ2n) is 5.11. The van der Waals surface area contributed by atoms with Crippen LogP contribution >= 0.6 is 0 Å².